The number of aromatic nitrogens is 1. The monoisotopic (exact) mass is 306 g/mol. The predicted octanol–water partition coefficient (Wildman–Crippen LogP) is 2.33. The SMILES string of the molecule is CNc1cc(C(=O)NCc2ncc(C)s2)ccc1[N+](=O)[O-]. The molecule has 2 aromatic rings. The van der Waals surface area contributed by atoms with E-state index in [2.05, 4.69) is 15.6 Å². The molecule has 0 radical (unpaired) electrons. The number of amides is 1. The Kier molecular flexibility index (Phi) is 4.49. The minimum absolute atomic E-state index is 0.0652. The van der Waals surface area contributed by atoms with E-state index in [9.17, 15) is 14.9 Å². The van der Waals surface area contributed by atoms with Gasteiger partial charge in [-0.15, -0.1) is 11.3 Å². The molecule has 1 aromatic heterocycles. The number of nitro groups is 1. The lowest BCUT2D eigenvalue weighted by Gasteiger charge is -2.06. The minimum atomic E-state index is -0.494. The molecule has 2 rings (SSSR count). The summed E-state index contributed by atoms with van der Waals surface area (Å²) in [6, 6.07) is 4.20. The molecule has 21 heavy (non-hydrogen) atoms. The second kappa shape index (κ2) is 6.31. The summed E-state index contributed by atoms with van der Waals surface area (Å²) in [5.41, 5.74) is 0.598. The Balaban J connectivity index is 2.10. The van der Waals surface area contributed by atoms with Gasteiger partial charge in [0.15, 0.2) is 0 Å². The van der Waals surface area contributed by atoms with Crippen molar-refractivity contribution in [1.82, 2.24) is 10.3 Å². The van der Waals surface area contributed by atoms with Gasteiger partial charge in [0.1, 0.15) is 10.7 Å². The molecule has 0 saturated carbocycles. The van der Waals surface area contributed by atoms with E-state index in [4.69, 9.17) is 0 Å². The van der Waals surface area contributed by atoms with Crippen LogP contribution in [0.5, 0.6) is 0 Å². The molecular formula is C13H14N4O3S. The van der Waals surface area contributed by atoms with Crippen LogP contribution in [0, 0.1) is 17.0 Å². The maximum absolute atomic E-state index is 12.0. The fourth-order valence-corrected chi connectivity index (χ4v) is 2.50. The molecular weight excluding hydrogens is 292 g/mol. The lowest BCUT2D eigenvalue weighted by molar-refractivity contribution is -0.383. The topological polar surface area (TPSA) is 97.2 Å². The van der Waals surface area contributed by atoms with Crippen molar-refractivity contribution < 1.29 is 9.72 Å². The van der Waals surface area contributed by atoms with Crippen molar-refractivity contribution in [3.8, 4) is 0 Å². The Morgan fingerprint density at radius 3 is 2.81 bits per heavy atom. The summed E-state index contributed by atoms with van der Waals surface area (Å²) in [5, 5.41) is 17.1. The number of nitrogens with one attached hydrogen (secondary N) is 2. The summed E-state index contributed by atoms with van der Waals surface area (Å²) in [4.78, 5) is 27.6. The molecule has 1 amide bonds. The summed E-state index contributed by atoms with van der Waals surface area (Å²) < 4.78 is 0. The normalized spacial score (nSPS) is 10.2. The number of nitro benzene ring substituents is 1. The molecule has 1 heterocycles. The lowest BCUT2D eigenvalue weighted by atomic mass is 10.1. The van der Waals surface area contributed by atoms with Crippen molar-refractivity contribution in [3.63, 3.8) is 0 Å². The van der Waals surface area contributed by atoms with E-state index >= 15 is 0 Å². The molecule has 0 saturated heterocycles. The number of hydrogen-bond donors (Lipinski definition) is 2. The highest BCUT2D eigenvalue weighted by Gasteiger charge is 2.15. The van der Waals surface area contributed by atoms with Gasteiger partial charge in [0.05, 0.1) is 11.5 Å². The summed E-state index contributed by atoms with van der Waals surface area (Å²) in [6.45, 7) is 2.28. The Morgan fingerprint density at radius 2 is 2.24 bits per heavy atom. The zero-order valence-corrected chi connectivity index (χ0v) is 12.4. The second-order valence-corrected chi connectivity index (χ2v) is 5.61. The zero-order valence-electron chi connectivity index (χ0n) is 11.5. The van der Waals surface area contributed by atoms with Crippen molar-refractivity contribution in [2.45, 2.75) is 13.5 Å². The van der Waals surface area contributed by atoms with Gasteiger partial charge in [-0.25, -0.2) is 4.98 Å². The standard InChI is InChI=1S/C13H14N4O3S/c1-8-6-15-12(21-8)7-16-13(18)9-3-4-11(17(19)20)10(5-9)14-2/h3-6,14H,7H2,1-2H3,(H,16,18). The van der Waals surface area contributed by atoms with Gasteiger partial charge in [0.2, 0.25) is 0 Å². The van der Waals surface area contributed by atoms with Crippen LogP contribution in [0.3, 0.4) is 0 Å². The van der Waals surface area contributed by atoms with E-state index in [0.717, 1.165) is 9.88 Å². The molecule has 110 valence electrons. The summed E-state index contributed by atoms with van der Waals surface area (Å²) in [6.07, 6.45) is 1.75. The van der Waals surface area contributed by atoms with Crippen molar-refractivity contribution in [2.75, 3.05) is 12.4 Å². The number of thiazole rings is 1. The Bertz CT molecular complexity index is 684. The third-order valence-electron chi connectivity index (χ3n) is 2.79. The fourth-order valence-electron chi connectivity index (χ4n) is 1.78. The van der Waals surface area contributed by atoms with E-state index in [1.54, 1.807) is 13.2 Å². The van der Waals surface area contributed by atoms with Crippen LogP contribution < -0.4 is 10.6 Å². The number of benzene rings is 1. The van der Waals surface area contributed by atoms with Gasteiger partial charge in [-0.1, -0.05) is 0 Å². The highest BCUT2D eigenvalue weighted by atomic mass is 32.1. The van der Waals surface area contributed by atoms with Gasteiger partial charge in [-0.2, -0.15) is 0 Å². The smallest absolute Gasteiger partial charge is 0.292 e. The first-order valence-electron chi connectivity index (χ1n) is 6.17. The number of hydrogen-bond acceptors (Lipinski definition) is 6. The highest BCUT2D eigenvalue weighted by Crippen LogP contribution is 2.24. The van der Waals surface area contributed by atoms with Gasteiger partial charge >= 0.3 is 0 Å². The maximum Gasteiger partial charge on any atom is 0.292 e. The molecule has 0 unspecified atom stereocenters. The third-order valence-corrected chi connectivity index (χ3v) is 3.71. The number of anilines is 1. The van der Waals surface area contributed by atoms with E-state index < -0.39 is 4.92 Å². The molecule has 0 bridgehead atoms. The number of rotatable bonds is 5. The van der Waals surface area contributed by atoms with Gasteiger partial charge in [0.25, 0.3) is 11.6 Å². The first-order chi connectivity index (χ1) is 10.0. The molecule has 0 atom stereocenters. The van der Waals surface area contributed by atoms with Crippen LogP contribution in [0.4, 0.5) is 11.4 Å². The summed E-state index contributed by atoms with van der Waals surface area (Å²) >= 11 is 1.51. The molecule has 2 N–H and O–H groups in total. The third kappa shape index (κ3) is 3.54. The minimum Gasteiger partial charge on any atom is -0.383 e. The van der Waals surface area contributed by atoms with Gasteiger partial charge in [-0.3, -0.25) is 14.9 Å². The molecule has 0 aliphatic carbocycles. The van der Waals surface area contributed by atoms with Crippen LogP contribution in [0.25, 0.3) is 0 Å². The average Bonchev–Trinajstić information content (AvgIpc) is 2.89. The number of aryl methyl sites for hydroxylation is 1. The van der Waals surface area contributed by atoms with E-state index in [-0.39, 0.29) is 11.6 Å². The Morgan fingerprint density at radius 1 is 1.48 bits per heavy atom. The lowest BCUT2D eigenvalue weighted by Crippen LogP contribution is -2.22. The van der Waals surface area contributed by atoms with E-state index in [0.29, 0.717) is 17.8 Å². The number of nitrogens with zero attached hydrogens (tertiary/aromatic N) is 2. The van der Waals surface area contributed by atoms with Gasteiger partial charge in [0, 0.05) is 29.8 Å². The van der Waals surface area contributed by atoms with Crippen LogP contribution in [-0.4, -0.2) is 22.9 Å². The van der Waals surface area contributed by atoms with Crippen LogP contribution in [0.1, 0.15) is 20.2 Å². The van der Waals surface area contributed by atoms with Crippen LogP contribution in [0.15, 0.2) is 24.4 Å². The first kappa shape index (κ1) is 14.9. The average molecular weight is 306 g/mol. The maximum atomic E-state index is 12.0. The molecule has 0 aliphatic rings. The molecule has 1 aromatic carbocycles. The van der Waals surface area contributed by atoms with Crippen molar-refractivity contribution in [1.29, 1.82) is 0 Å². The van der Waals surface area contributed by atoms with Crippen molar-refractivity contribution >= 4 is 28.6 Å². The van der Waals surface area contributed by atoms with Gasteiger partial charge in [-0.05, 0) is 19.1 Å². The molecule has 0 spiro atoms. The molecule has 8 heteroatoms. The fraction of sp³-hybridized carbons (Fsp3) is 0.231. The van der Waals surface area contributed by atoms with E-state index in [1.165, 1.54) is 29.5 Å². The Labute approximate surface area is 125 Å². The first-order valence-corrected chi connectivity index (χ1v) is 6.98. The predicted molar refractivity (Wildman–Crippen MR) is 80.7 cm³/mol. The number of carbonyl (C=O) groups excluding carboxylic acids is 1. The zero-order chi connectivity index (χ0) is 15.4. The summed E-state index contributed by atoms with van der Waals surface area (Å²) in [5.74, 6) is -0.297. The van der Waals surface area contributed by atoms with Crippen LogP contribution >= 0.6 is 11.3 Å². The van der Waals surface area contributed by atoms with Gasteiger partial charge < -0.3 is 10.6 Å². The van der Waals surface area contributed by atoms with Crippen molar-refractivity contribution in [2.24, 2.45) is 0 Å². The quantitative estimate of drug-likeness (QED) is 0.652. The molecule has 0 aliphatic heterocycles. The van der Waals surface area contributed by atoms with E-state index in [1.807, 2.05) is 6.92 Å². The molecule has 7 nitrogen and oxygen atoms in total. The Hall–Kier alpha value is -2.48. The summed E-state index contributed by atoms with van der Waals surface area (Å²) in [7, 11) is 1.57. The molecule has 0 fully saturated rings. The van der Waals surface area contributed by atoms with Crippen LogP contribution in [0.2, 0.25) is 0 Å². The second-order valence-electron chi connectivity index (χ2n) is 4.29. The highest BCUT2D eigenvalue weighted by molar-refractivity contribution is 7.11. The van der Waals surface area contributed by atoms with Crippen molar-refractivity contribution in [3.05, 3.63) is 50.0 Å². The largest absolute Gasteiger partial charge is 0.383 e. The van der Waals surface area contributed by atoms with Crippen LogP contribution in [-0.2, 0) is 6.54 Å². The number of carbonyl (C=O) groups is 1.